The van der Waals surface area contributed by atoms with Gasteiger partial charge in [-0.3, -0.25) is 9.48 Å². The van der Waals surface area contributed by atoms with Crippen LogP contribution in [0.3, 0.4) is 0 Å². The van der Waals surface area contributed by atoms with Gasteiger partial charge in [0.25, 0.3) is 5.91 Å². The van der Waals surface area contributed by atoms with Crippen LogP contribution in [-0.4, -0.2) is 45.4 Å². The van der Waals surface area contributed by atoms with Gasteiger partial charge in [-0.25, -0.2) is 0 Å². The van der Waals surface area contributed by atoms with Crippen molar-refractivity contribution >= 4 is 5.91 Å². The van der Waals surface area contributed by atoms with Crippen molar-refractivity contribution in [1.82, 2.24) is 14.7 Å². The molecule has 0 saturated heterocycles. The molecule has 2 aromatic rings. The van der Waals surface area contributed by atoms with Crippen LogP contribution in [0.1, 0.15) is 16.1 Å². The number of hydrogen-bond acceptors (Lipinski definition) is 3. The Morgan fingerprint density at radius 3 is 2.60 bits per heavy atom. The SMILES string of the molecule is Cn1nccc1C(=O)N(CCO)CCc1ccccc1. The molecule has 1 N–H and O–H groups in total. The van der Waals surface area contributed by atoms with Gasteiger partial charge in [0.1, 0.15) is 5.69 Å². The molecule has 0 bridgehead atoms. The predicted molar refractivity (Wildman–Crippen MR) is 76.3 cm³/mol. The number of rotatable bonds is 6. The average molecular weight is 273 g/mol. The topological polar surface area (TPSA) is 58.4 Å². The largest absolute Gasteiger partial charge is 0.395 e. The van der Waals surface area contributed by atoms with Crippen LogP contribution < -0.4 is 0 Å². The van der Waals surface area contributed by atoms with Gasteiger partial charge >= 0.3 is 0 Å². The van der Waals surface area contributed by atoms with E-state index in [2.05, 4.69) is 5.10 Å². The van der Waals surface area contributed by atoms with Crippen LogP contribution in [-0.2, 0) is 13.5 Å². The van der Waals surface area contributed by atoms with Crippen molar-refractivity contribution in [2.24, 2.45) is 7.05 Å². The lowest BCUT2D eigenvalue weighted by Crippen LogP contribution is -2.36. The number of carbonyl (C=O) groups excluding carboxylic acids is 1. The summed E-state index contributed by atoms with van der Waals surface area (Å²) >= 11 is 0. The second-order valence-electron chi connectivity index (χ2n) is 4.59. The number of amides is 1. The summed E-state index contributed by atoms with van der Waals surface area (Å²) < 4.78 is 1.55. The molecule has 5 heteroatoms. The fourth-order valence-corrected chi connectivity index (χ4v) is 2.09. The summed E-state index contributed by atoms with van der Waals surface area (Å²) in [7, 11) is 1.74. The summed E-state index contributed by atoms with van der Waals surface area (Å²) in [6.07, 6.45) is 2.37. The van der Waals surface area contributed by atoms with Gasteiger partial charge < -0.3 is 10.0 Å². The highest BCUT2D eigenvalue weighted by Gasteiger charge is 2.17. The van der Waals surface area contributed by atoms with Gasteiger partial charge in [0.05, 0.1) is 6.61 Å². The van der Waals surface area contributed by atoms with E-state index in [1.807, 2.05) is 30.3 Å². The van der Waals surface area contributed by atoms with Crippen LogP contribution in [0, 0.1) is 0 Å². The Morgan fingerprint density at radius 2 is 2.00 bits per heavy atom. The van der Waals surface area contributed by atoms with E-state index < -0.39 is 0 Å². The summed E-state index contributed by atoms with van der Waals surface area (Å²) in [6.45, 7) is 0.865. The lowest BCUT2D eigenvalue weighted by Gasteiger charge is -2.21. The third-order valence-electron chi connectivity index (χ3n) is 3.21. The Labute approximate surface area is 118 Å². The van der Waals surface area contributed by atoms with Gasteiger partial charge in [0.2, 0.25) is 0 Å². The molecule has 1 aromatic heterocycles. The molecule has 0 aliphatic heterocycles. The molecule has 0 aliphatic rings. The molecule has 0 saturated carbocycles. The van der Waals surface area contributed by atoms with Crippen molar-refractivity contribution in [2.45, 2.75) is 6.42 Å². The number of aliphatic hydroxyl groups is 1. The van der Waals surface area contributed by atoms with Gasteiger partial charge in [-0.1, -0.05) is 30.3 Å². The number of aliphatic hydroxyl groups excluding tert-OH is 1. The fraction of sp³-hybridized carbons (Fsp3) is 0.333. The Morgan fingerprint density at radius 1 is 1.25 bits per heavy atom. The maximum Gasteiger partial charge on any atom is 0.272 e. The highest BCUT2D eigenvalue weighted by molar-refractivity contribution is 5.92. The van der Waals surface area contributed by atoms with Gasteiger partial charge in [0.15, 0.2) is 0 Å². The molecule has 0 unspecified atom stereocenters. The molecule has 0 fully saturated rings. The monoisotopic (exact) mass is 273 g/mol. The van der Waals surface area contributed by atoms with E-state index in [1.54, 1.807) is 28.9 Å². The number of aromatic nitrogens is 2. The molecule has 1 amide bonds. The summed E-state index contributed by atoms with van der Waals surface area (Å²) in [4.78, 5) is 14.0. The number of nitrogens with zero attached hydrogens (tertiary/aromatic N) is 3. The molecule has 2 rings (SSSR count). The molecule has 0 spiro atoms. The molecular weight excluding hydrogens is 254 g/mol. The second kappa shape index (κ2) is 6.86. The molecule has 5 nitrogen and oxygen atoms in total. The highest BCUT2D eigenvalue weighted by Crippen LogP contribution is 2.06. The number of hydrogen-bond donors (Lipinski definition) is 1. The Hall–Kier alpha value is -2.14. The van der Waals surface area contributed by atoms with E-state index in [9.17, 15) is 4.79 Å². The van der Waals surface area contributed by atoms with E-state index in [-0.39, 0.29) is 12.5 Å². The van der Waals surface area contributed by atoms with E-state index >= 15 is 0 Å². The first kappa shape index (κ1) is 14.3. The first-order valence-electron chi connectivity index (χ1n) is 6.64. The number of benzene rings is 1. The van der Waals surface area contributed by atoms with Gasteiger partial charge in [0, 0.05) is 26.3 Å². The molecule has 0 atom stereocenters. The Balaban J connectivity index is 2.03. The zero-order valence-corrected chi connectivity index (χ0v) is 11.6. The lowest BCUT2D eigenvalue weighted by molar-refractivity contribution is 0.0713. The van der Waals surface area contributed by atoms with Crippen LogP contribution >= 0.6 is 0 Å². The molecule has 106 valence electrons. The molecule has 0 aliphatic carbocycles. The minimum atomic E-state index is -0.102. The van der Waals surface area contributed by atoms with Crippen LogP contribution in [0.15, 0.2) is 42.6 Å². The van der Waals surface area contributed by atoms with Crippen LogP contribution in [0.4, 0.5) is 0 Å². The molecule has 1 aromatic carbocycles. The summed E-state index contributed by atoms with van der Waals surface area (Å²) in [5, 5.41) is 13.1. The van der Waals surface area contributed by atoms with E-state index in [0.29, 0.717) is 18.8 Å². The Bertz CT molecular complexity index is 551. The first-order valence-corrected chi connectivity index (χ1v) is 6.64. The van der Waals surface area contributed by atoms with Crippen molar-refractivity contribution in [3.63, 3.8) is 0 Å². The predicted octanol–water partition coefficient (Wildman–Crippen LogP) is 1.10. The van der Waals surface area contributed by atoms with Crippen molar-refractivity contribution < 1.29 is 9.90 Å². The minimum absolute atomic E-state index is 0.0433. The Kier molecular flexibility index (Phi) is 4.90. The lowest BCUT2D eigenvalue weighted by atomic mass is 10.1. The molecule has 1 heterocycles. The third-order valence-corrected chi connectivity index (χ3v) is 3.21. The van der Waals surface area contributed by atoms with Gasteiger partial charge in [-0.15, -0.1) is 0 Å². The van der Waals surface area contributed by atoms with Gasteiger partial charge in [-0.05, 0) is 18.1 Å². The van der Waals surface area contributed by atoms with Crippen LogP contribution in [0.2, 0.25) is 0 Å². The smallest absolute Gasteiger partial charge is 0.272 e. The summed E-state index contributed by atoms with van der Waals surface area (Å²) in [6, 6.07) is 11.7. The maximum absolute atomic E-state index is 12.4. The number of carbonyl (C=O) groups is 1. The molecular formula is C15H19N3O2. The fourth-order valence-electron chi connectivity index (χ4n) is 2.09. The summed E-state index contributed by atoms with van der Waals surface area (Å²) in [5.41, 5.74) is 1.71. The van der Waals surface area contributed by atoms with Crippen LogP contribution in [0.5, 0.6) is 0 Å². The van der Waals surface area contributed by atoms with Crippen molar-refractivity contribution in [2.75, 3.05) is 19.7 Å². The van der Waals surface area contributed by atoms with Gasteiger partial charge in [-0.2, -0.15) is 5.10 Å². The van der Waals surface area contributed by atoms with E-state index in [1.165, 1.54) is 5.56 Å². The minimum Gasteiger partial charge on any atom is -0.395 e. The highest BCUT2D eigenvalue weighted by atomic mass is 16.3. The second-order valence-corrected chi connectivity index (χ2v) is 4.59. The molecule has 0 radical (unpaired) electrons. The standard InChI is InChI=1S/C15H19N3O2/c1-17-14(7-9-16-17)15(20)18(11-12-19)10-8-13-5-3-2-4-6-13/h2-7,9,19H,8,10-12H2,1H3. The number of aryl methyl sites for hydroxylation is 1. The molecule has 20 heavy (non-hydrogen) atoms. The van der Waals surface area contributed by atoms with E-state index in [0.717, 1.165) is 6.42 Å². The zero-order valence-electron chi connectivity index (χ0n) is 11.6. The van der Waals surface area contributed by atoms with Crippen molar-refractivity contribution in [3.05, 3.63) is 53.9 Å². The van der Waals surface area contributed by atoms with Crippen LogP contribution in [0.25, 0.3) is 0 Å². The maximum atomic E-state index is 12.4. The quantitative estimate of drug-likeness (QED) is 0.857. The van der Waals surface area contributed by atoms with Crippen molar-refractivity contribution in [3.8, 4) is 0 Å². The third kappa shape index (κ3) is 3.45. The zero-order chi connectivity index (χ0) is 14.4. The normalized spacial score (nSPS) is 10.5. The summed E-state index contributed by atoms with van der Waals surface area (Å²) in [5.74, 6) is -0.102. The van der Waals surface area contributed by atoms with Crippen molar-refractivity contribution in [1.29, 1.82) is 0 Å². The first-order chi connectivity index (χ1) is 9.72. The average Bonchev–Trinajstić information content (AvgIpc) is 2.90. The van der Waals surface area contributed by atoms with E-state index in [4.69, 9.17) is 5.11 Å².